The molecule has 28 heavy (non-hydrogen) atoms. The van der Waals surface area contributed by atoms with E-state index in [4.69, 9.17) is 5.73 Å². The Balaban J connectivity index is 1.59. The van der Waals surface area contributed by atoms with Crippen LogP contribution in [0.25, 0.3) is 0 Å². The highest BCUT2D eigenvalue weighted by atomic mass is 16.2. The summed E-state index contributed by atoms with van der Waals surface area (Å²) in [6.45, 7) is 4.98. The van der Waals surface area contributed by atoms with Crippen LogP contribution in [-0.2, 0) is 4.79 Å². The number of amides is 2. The summed E-state index contributed by atoms with van der Waals surface area (Å²) in [6, 6.07) is 17.3. The van der Waals surface area contributed by atoms with Crippen LogP contribution in [0.15, 0.2) is 54.6 Å². The molecular weight excluding hydrogens is 352 g/mol. The van der Waals surface area contributed by atoms with E-state index in [2.05, 4.69) is 27.7 Å². The van der Waals surface area contributed by atoms with Gasteiger partial charge in [0.15, 0.2) is 0 Å². The third-order valence-electron chi connectivity index (χ3n) is 5.16. The number of nitrogens with zero attached hydrogens (tertiary/aromatic N) is 1. The van der Waals surface area contributed by atoms with Crippen molar-refractivity contribution in [2.75, 3.05) is 38.0 Å². The number of nitrogens with two attached hydrogens (primary N) is 1. The van der Waals surface area contributed by atoms with Gasteiger partial charge in [-0.3, -0.25) is 14.5 Å². The van der Waals surface area contributed by atoms with Crippen LogP contribution in [0.2, 0.25) is 0 Å². The van der Waals surface area contributed by atoms with Crippen molar-refractivity contribution in [2.45, 2.75) is 12.8 Å². The molecule has 0 aromatic heterocycles. The van der Waals surface area contributed by atoms with Crippen LogP contribution in [0, 0.1) is 5.92 Å². The molecule has 1 fully saturated rings. The Morgan fingerprint density at radius 2 is 1.89 bits per heavy atom. The molecule has 6 heteroatoms. The molecule has 2 atom stereocenters. The van der Waals surface area contributed by atoms with E-state index in [0.717, 1.165) is 13.1 Å². The summed E-state index contributed by atoms with van der Waals surface area (Å²) in [5.74, 6) is 0.462. The number of nitrogens with one attached hydrogen (secondary N) is 2. The monoisotopic (exact) mass is 380 g/mol. The van der Waals surface area contributed by atoms with Crippen molar-refractivity contribution in [3.8, 4) is 0 Å². The van der Waals surface area contributed by atoms with Crippen molar-refractivity contribution in [3.05, 3.63) is 65.7 Å². The molecule has 1 heterocycles. The number of benzene rings is 2. The van der Waals surface area contributed by atoms with Crippen molar-refractivity contribution in [3.63, 3.8) is 0 Å². The molecular formula is C22H28N4O2. The van der Waals surface area contributed by atoms with Crippen LogP contribution in [-0.4, -0.2) is 49.4 Å². The zero-order chi connectivity index (χ0) is 19.9. The fraction of sp³-hybridized carbons (Fsp3) is 0.364. The largest absolute Gasteiger partial charge is 0.352 e. The van der Waals surface area contributed by atoms with Crippen LogP contribution in [0.5, 0.6) is 0 Å². The SMILES string of the molecule is CCNC(=O)c1cccc(NC(=O)CN2C[C@@H](CN)[C@H](c3ccccc3)C2)c1. The summed E-state index contributed by atoms with van der Waals surface area (Å²) in [6.07, 6.45) is 0. The van der Waals surface area contributed by atoms with E-state index in [0.29, 0.717) is 42.7 Å². The average molecular weight is 380 g/mol. The molecule has 3 rings (SSSR count). The predicted molar refractivity (Wildman–Crippen MR) is 111 cm³/mol. The van der Waals surface area contributed by atoms with E-state index in [9.17, 15) is 9.59 Å². The Bertz CT molecular complexity index is 809. The fourth-order valence-electron chi connectivity index (χ4n) is 3.81. The highest BCUT2D eigenvalue weighted by molar-refractivity contribution is 5.97. The quantitative estimate of drug-likeness (QED) is 0.686. The second-order valence-electron chi connectivity index (χ2n) is 7.20. The number of hydrogen-bond donors (Lipinski definition) is 3. The van der Waals surface area contributed by atoms with Crippen molar-refractivity contribution in [1.29, 1.82) is 0 Å². The van der Waals surface area contributed by atoms with E-state index in [1.54, 1.807) is 24.3 Å². The third-order valence-corrected chi connectivity index (χ3v) is 5.16. The zero-order valence-corrected chi connectivity index (χ0v) is 16.2. The van der Waals surface area contributed by atoms with Gasteiger partial charge in [-0.05, 0) is 43.1 Å². The number of hydrogen-bond acceptors (Lipinski definition) is 4. The molecule has 148 valence electrons. The standard InChI is InChI=1S/C22H28N4O2/c1-2-24-22(28)17-9-6-10-19(11-17)25-21(27)15-26-13-18(12-23)20(14-26)16-7-4-3-5-8-16/h3-11,18,20H,2,12-15,23H2,1H3,(H,24,28)(H,25,27)/t18-,20+/m1/s1. The maximum absolute atomic E-state index is 12.5. The topological polar surface area (TPSA) is 87.5 Å². The summed E-state index contributed by atoms with van der Waals surface area (Å²) >= 11 is 0. The Labute approximate surface area is 166 Å². The van der Waals surface area contributed by atoms with E-state index < -0.39 is 0 Å². The van der Waals surface area contributed by atoms with Crippen molar-refractivity contribution < 1.29 is 9.59 Å². The summed E-state index contributed by atoms with van der Waals surface area (Å²) in [5.41, 5.74) is 8.42. The zero-order valence-electron chi connectivity index (χ0n) is 16.2. The molecule has 0 spiro atoms. The molecule has 1 aliphatic rings. The minimum absolute atomic E-state index is 0.0856. The molecule has 4 N–H and O–H groups in total. The Morgan fingerprint density at radius 1 is 1.11 bits per heavy atom. The summed E-state index contributed by atoms with van der Waals surface area (Å²) in [5, 5.41) is 5.66. The molecule has 2 aromatic carbocycles. The normalized spacial score (nSPS) is 19.4. The van der Waals surface area contributed by atoms with Crippen LogP contribution in [0.1, 0.15) is 28.8 Å². The lowest BCUT2D eigenvalue weighted by molar-refractivity contribution is -0.117. The smallest absolute Gasteiger partial charge is 0.251 e. The highest BCUT2D eigenvalue weighted by Gasteiger charge is 2.33. The molecule has 2 amide bonds. The summed E-state index contributed by atoms with van der Waals surface area (Å²) in [4.78, 5) is 26.6. The average Bonchev–Trinajstić information content (AvgIpc) is 3.11. The van der Waals surface area contributed by atoms with Gasteiger partial charge in [0.1, 0.15) is 0 Å². The van der Waals surface area contributed by atoms with Crippen molar-refractivity contribution in [1.82, 2.24) is 10.2 Å². The van der Waals surface area contributed by atoms with Crippen LogP contribution < -0.4 is 16.4 Å². The van der Waals surface area contributed by atoms with Gasteiger partial charge in [-0.1, -0.05) is 36.4 Å². The van der Waals surface area contributed by atoms with Gasteiger partial charge in [-0.25, -0.2) is 0 Å². The third kappa shape index (κ3) is 4.97. The highest BCUT2D eigenvalue weighted by Crippen LogP contribution is 2.31. The van der Waals surface area contributed by atoms with Crippen LogP contribution >= 0.6 is 0 Å². The van der Waals surface area contributed by atoms with Gasteiger partial charge in [0, 0.05) is 36.8 Å². The first-order valence-electron chi connectivity index (χ1n) is 9.76. The lowest BCUT2D eigenvalue weighted by atomic mass is 9.89. The lowest BCUT2D eigenvalue weighted by Crippen LogP contribution is -2.32. The van der Waals surface area contributed by atoms with Crippen LogP contribution in [0.3, 0.4) is 0 Å². The molecule has 1 aliphatic heterocycles. The molecule has 0 unspecified atom stereocenters. The first-order chi connectivity index (χ1) is 13.6. The molecule has 1 saturated heterocycles. The van der Waals surface area contributed by atoms with Gasteiger partial charge < -0.3 is 16.4 Å². The van der Waals surface area contributed by atoms with Gasteiger partial charge in [0.05, 0.1) is 6.54 Å². The molecule has 0 aliphatic carbocycles. The second kappa shape index (κ2) is 9.48. The van der Waals surface area contributed by atoms with Gasteiger partial charge in [-0.15, -0.1) is 0 Å². The number of carbonyl (C=O) groups excluding carboxylic acids is 2. The predicted octanol–water partition coefficient (Wildman–Crippen LogP) is 2.05. The molecule has 2 aromatic rings. The fourth-order valence-corrected chi connectivity index (χ4v) is 3.81. The number of carbonyl (C=O) groups is 2. The Morgan fingerprint density at radius 3 is 2.61 bits per heavy atom. The minimum Gasteiger partial charge on any atom is -0.352 e. The second-order valence-corrected chi connectivity index (χ2v) is 7.20. The Hall–Kier alpha value is -2.70. The molecule has 0 bridgehead atoms. The first-order valence-corrected chi connectivity index (χ1v) is 9.76. The molecule has 6 nitrogen and oxygen atoms in total. The Kier molecular flexibility index (Phi) is 6.79. The molecule has 0 radical (unpaired) electrons. The number of anilines is 1. The van der Waals surface area contributed by atoms with E-state index in [1.807, 2.05) is 25.1 Å². The molecule has 0 saturated carbocycles. The van der Waals surface area contributed by atoms with E-state index in [1.165, 1.54) is 5.56 Å². The summed E-state index contributed by atoms with van der Waals surface area (Å²) < 4.78 is 0. The van der Waals surface area contributed by atoms with Gasteiger partial charge in [0.25, 0.3) is 5.91 Å². The van der Waals surface area contributed by atoms with Gasteiger partial charge in [-0.2, -0.15) is 0 Å². The van der Waals surface area contributed by atoms with Crippen LogP contribution in [0.4, 0.5) is 5.69 Å². The maximum atomic E-state index is 12.5. The van der Waals surface area contributed by atoms with E-state index >= 15 is 0 Å². The number of rotatable bonds is 7. The van der Waals surface area contributed by atoms with Crippen molar-refractivity contribution in [2.24, 2.45) is 11.7 Å². The maximum Gasteiger partial charge on any atom is 0.251 e. The minimum atomic E-state index is -0.144. The van der Waals surface area contributed by atoms with Crippen molar-refractivity contribution >= 4 is 17.5 Å². The first kappa shape index (κ1) is 20.0. The summed E-state index contributed by atoms with van der Waals surface area (Å²) in [7, 11) is 0. The van der Waals surface area contributed by atoms with Gasteiger partial charge in [0.2, 0.25) is 5.91 Å². The van der Waals surface area contributed by atoms with Gasteiger partial charge >= 0.3 is 0 Å². The van der Waals surface area contributed by atoms with E-state index in [-0.39, 0.29) is 11.8 Å². The number of likely N-dealkylation sites (tertiary alicyclic amines) is 1. The lowest BCUT2D eigenvalue weighted by Gasteiger charge is -2.16.